The number of oxime groups is 1. The summed E-state index contributed by atoms with van der Waals surface area (Å²) in [5.74, 6) is -0.430. The van der Waals surface area contributed by atoms with E-state index in [4.69, 9.17) is 0 Å². The fourth-order valence-electron chi connectivity index (χ4n) is 1.37. The third-order valence-electron chi connectivity index (χ3n) is 2.04. The van der Waals surface area contributed by atoms with Crippen LogP contribution in [0.1, 0.15) is 5.56 Å². The van der Waals surface area contributed by atoms with Crippen LogP contribution < -0.4 is 0 Å². The molecule has 1 aromatic heterocycles. The highest BCUT2D eigenvalue weighted by atomic mass is 16.7. The third kappa shape index (κ3) is 1.93. The molecule has 82 valence electrons. The molecule has 0 amide bonds. The minimum atomic E-state index is -0.430. The number of hydrogen-bond acceptors (Lipinski definition) is 5. The lowest BCUT2D eigenvalue weighted by Crippen LogP contribution is -2.12. The molecule has 0 saturated heterocycles. The molecule has 5 heteroatoms. The monoisotopic (exact) mass is 217 g/mol. The zero-order valence-corrected chi connectivity index (χ0v) is 9.04. The molecule has 0 fully saturated rings. The highest BCUT2D eigenvalue weighted by Crippen LogP contribution is 2.17. The molecule has 5 nitrogen and oxygen atoms in total. The Bertz CT molecular complexity index is 463. The van der Waals surface area contributed by atoms with Gasteiger partial charge in [-0.25, -0.2) is 4.79 Å². The second kappa shape index (κ2) is 4.14. The lowest BCUT2D eigenvalue weighted by atomic mass is 10.1. The molecule has 0 unspecified atom stereocenters. The maximum absolute atomic E-state index is 11.4. The Labute approximate surface area is 93.0 Å². The predicted molar refractivity (Wildman–Crippen MR) is 58.6 cm³/mol. The second-order valence-corrected chi connectivity index (χ2v) is 3.56. The Kier molecular flexibility index (Phi) is 2.68. The first kappa shape index (κ1) is 10.4. The van der Waals surface area contributed by atoms with E-state index >= 15 is 0 Å². The summed E-state index contributed by atoms with van der Waals surface area (Å²) in [7, 11) is 3.67. The molecule has 16 heavy (non-hydrogen) atoms. The minimum Gasteiger partial charge on any atom is -0.383 e. The van der Waals surface area contributed by atoms with E-state index in [0.717, 1.165) is 5.56 Å². The summed E-state index contributed by atoms with van der Waals surface area (Å²) in [6, 6.07) is 3.56. The largest absolute Gasteiger partial charge is 0.383 e. The summed E-state index contributed by atoms with van der Waals surface area (Å²) in [5, 5.41) is 3.77. The molecule has 1 aliphatic heterocycles. The molecule has 2 heterocycles. The lowest BCUT2D eigenvalue weighted by molar-refractivity contribution is -0.136. The van der Waals surface area contributed by atoms with Crippen LogP contribution in [0.4, 0.5) is 0 Å². The molecule has 0 atom stereocenters. The van der Waals surface area contributed by atoms with Crippen molar-refractivity contribution in [3.8, 4) is 0 Å². The Morgan fingerprint density at radius 3 is 2.62 bits per heavy atom. The van der Waals surface area contributed by atoms with Crippen molar-refractivity contribution in [1.29, 1.82) is 0 Å². The van der Waals surface area contributed by atoms with Gasteiger partial charge >= 0.3 is 5.97 Å². The SMILES string of the molecule is CN(C)C=C1C(=O)ON=C1c1ccncc1. The highest BCUT2D eigenvalue weighted by Gasteiger charge is 2.26. The summed E-state index contributed by atoms with van der Waals surface area (Å²) >= 11 is 0. The zero-order chi connectivity index (χ0) is 11.5. The molecule has 1 aromatic rings. The van der Waals surface area contributed by atoms with E-state index in [1.165, 1.54) is 0 Å². The average Bonchev–Trinajstić information content (AvgIpc) is 2.61. The topological polar surface area (TPSA) is 54.8 Å². The van der Waals surface area contributed by atoms with Crippen LogP contribution in [-0.2, 0) is 9.63 Å². The number of carbonyl (C=O) groups excluding carboxylic acids is 1. The van der Waals surface area contributed by atoms with E-state index < -0.39 is 5.97 Å². The van der Waals surface area contributed by atoms with Crippen LogP contribution in [0, 0.1) is 0 Å². The molecule has 2 rings (SSSR count). The molecular weight excluding hydrogens is 206 g/mol. The normalized spacial score (nSPS) is 17.2. The van der Waals surface area contributed by atoms with Crippen molar-refractivity contribution in [1.82, 2.24) is 9.88 Å². The predicted octanol–water partition coefficient (Wildman–Crippen LogP) is 0.788. The Morgan fingerprint density at radius 2 is 2.00 bits per heavy atom. The summed E-state index contributed by atoms with van der Waals surface area (Å²) in [5.41, 5.74) is 1.81. The van der Waals surface area contributed by atoms with E-state index in [-0.39, 0.29) is 0 Å². The molecule has 1 aliphatic rings. The van der Waals surface area contributed by atoms with Crippen molar-refractivity contribution in [3.05, 3.63) is 41.9 Å². The van der Waals surface area contributed by atoms with Gasteiger partial charge in [0, 0.05) is 38.3 Å². The van der Waals surface area contributed by atoms with Gasteiger partial charge in [0.1, 0.15) is 11.3 Å². The van der Waals surface area contributed by atoms with E-state index in [0.29, 0.717) is 11.3 Å². The van der Waals surface area contributed by atoms with Gasteiger partial charge in [-0.15, -0.1) is 0 Å². The summed E-state index contributed by atoms with van der Waals surface area (Å²) < 4.78 is 0. The fraction of sp³-hybridized carbons (Fsp3) is 0.182. The van der Waals surface area contributed by atoms with Gasteiger partial charge < -0.3 is 9.74 Å². The van der Waals surface area contributed by atoms with Crippen molar-refractivity contribution in [2.24, 2.45) is 5.16 Å². The van der Waals surface area contributed by atoms with E-state index in [1.54, 1.807) is 35.6 Å². The summed E-state index contributed by atoms with van der Waals surface area (Å²) in [6.07, 6.45) is 4.98. The molecule has 0 aliphatic carbocycles. The van der Waals surface area contributed by atoms with Crippen LogP contribution in [0.2, 0.25) is 0 Å². The van der Waals surface area contributed by atoms with Crippen molar-refractivity contribution in [2.45, 2.75) is 0 Å². The van der Waals surface area contributed by atoms with Crippen molar-refractivity contribution >= 4 is 11.7 Å². The van der Waals surface area contributed by atoms with Crippen LogP contribution in [0.5, 0.6) is 0 Å². The summed E-state index contributed by atoms with van der Waals surface area (Å²) in [6.45, 7) is 0. The number of pyridine rings is 1. The van der Waals surface area contributed by atoms with Gasteiger partial charge in [-0.2, -0.15) is 0 Å². The zero-order valence-electron chi connectivity index (χ0n) is 9.04. The van der Waals surface area contributed by atoms with Crippen LogP contribution in [0.15, 0.2) is 41.5 Å². The maximum atomic E-state index is 11.4. The van der Waals surface area contributed by atoms with E-state index in [1.807, 2.05) is 14.1 Å². The third-order valence-corrected chi connectivity index (χ3v) is 2.04. The number of carbonyl (C=O) groups is 1. The number of hydrogen-bond donors (Lipinski definition) is 0. The van der Waals surface area contributed by atoms with Gasteiger partial charge in [0.25, 0.3) is 0 Å². The van der Waals surface area contributed by atoms with Crippen LogP contribution in [-0.4, -0.2) is 35.7 Å². The molecule has 0 bridgehead atoms. The van der Waals surface area contributed by atoms with Crippen molar-refractivity contribution in [2.75, 3.05) is 14.1 Å². The van der Waals surface area contributed by atoms with Crippen molar-refractivity contribution < 1.29 is 9.63 Å². The first-order valence-electron chi connectivity index (χ1n) is 4.77. The lowest BCUT2D eigenvalue weighted by Gasteiger charge is -2.06. The number of aromatic nitrogens is 1. The van der Waals surface area contributed by atoms with Gasteiger partial charge in [0.15, 0.2) is 0 Å². The fourth-order valence-corrected chi connectivity index (χ4v) is 1.37. The van der Waals surface area contributed by atoms with Gasteiger partial charge in [-0.3, -0.25) is 4.98 Å². The van der Waals surface area contributed by atoms with Gasteiger partial charge in [-0.05, 0) is 12.1 Å². The minimum absolute atomic E-state index is 0.430. The van der Waals surface area contributed by atoms with Gasteiger partial charge in [0.05, 0.1) is 0 Å². The summed E-state index contributed by atoms with van der Waals surface area (Å²) in [4.78, 5) is 21.8. The smallest absolute Gasteiger partial charge is 0.369 e. The van der Waals surface area contributed by atoms with Gasteiger partial charge in [-0.1, -0.05) is 5.16 Å². The molecule has 0 radical (unpaired) electrons. The standard InChI is InChI=1S/C11H11N3O2/c1-14(2)7-9-10(13-16-11(9)15)8-3-5-12-6-4-8/h3-7H,1-2H3. The first-order valence-corrected chi connectivity index (χ1v) is 4.77. The Morgan fingerprint density at radius 1 is 1.31 bits per heavy atom. The quantitative estimate of drug-likeness (QED) is 0.543. The van der Waals surface area contributed by atoms with Crippen LogP contribution in [0.25, 0.3) is 0 Å². The van der Waals surface area contributed by atoms with Crippen LogP contribution >= 0.6 is 0 Å². The number of rotatable bonds is 2. The Hall–Kier alpha value is -2.17. The van der Waals surface area contributed by atoms with E-state index in [9.17, 15) is 4.79 Å². The molecule has 0 saturated carbocycles. The van der Waals surface area contributed by atoms with Crippen molar-refractivity contribution in [3.63, 3.8) is 0 Å². The number of nitrogens with zero attached hydrogens (tertiary/aromatic N) is 3. The molecule has 0 N–H and O–H groups in total. The average molecular weight is 217 g/mol. The first-order chi connectivity index (χ1) is 7.68. The molecular formula is C11H11N3O2. The molecule has 0 spiro atoms. The van der Waals surface area contributed by atoms with Crippen LogP contribution in [0.3, 0.4) is 0 Å². The maximum Gasteiger partial charge on any atom is 0.369 e. The second-order valence-electron chi connectivity index (χ2n) is 3.56. The van der Waals surface area contributed by atoms with E-state index in [2.05, 4.69) is 15.0 Å². The molecule has 0 aromatic carbocycles. The van der Waals surface area contributed by atoms with Gasteiger partial charge in [0.2, 0.25) is 0 Å². The highest BCUT2D eigenvalue weighted by molar-refractivity contribution is 6.28. The Balaban J connectivity index is 2.39.